The molecular weight excluding hydrogens is 238 g/mol. The van der Waals surface area contributed by atoms with Crippen LogP contribution in [0.2, 0.25) is 0 Å². The van der Waals surface area contributed by atoms with Crippen molar-refractivity contribution in [3.63, 3.8) is 0 Å². The molecule has 2 N–H and O–H groups in total. The van der Waals surface area contributed by atoms with E-state index in [2.05, 4.69) is 30.4 Å². The van der Waals surface area contributed by atoms with E-state index in [1.807, 2.05) is 25.1 Å². The predicted octanol–water partition coefficient (Wildman–Crippen LogP) is 2.54. The Kier molecular flexibility index (Phi) is 7.94. The quantitative estimate of drug-likeness (QED) is 0.531. The van der Waals surface area contributed by atoms with E-state index in [0.29, 0.717) is 13.2 Å². The summed E-state index contributed by atoms with van der Waals surface area (Å²) in [6.45, 7) is 5.89. The highest BCUT2D eigenvalue weighted by atomic mass is 16.5. The molecule has 0 radical (unpaired) electrons. The van der Waals surface area contributed by atoms with Gasteiger partial charge in [-0.25, -0.2) is 0 Å². The number of allylic oxidation sites excluding steroid dienone is 1. The summed E-state index contributed by atoms with van der Waals surface area (Å²) in [6, 6.07) is 8.00. The molecule has 0 aliphatic carbocycles. The third kappa shape index (κ3) is 6.99. The second-order valence-electron chi connectivity index (χ2n) is 4.52. The van der Waals surface area contributed by atoms with Crippen LogP contribution < -0.4 is 10.1 Å². The van der Waals surface area contributed by atoms with Crippen molar-refractivity contribution in [2.45, 2.75) is 32.8 Å². The van der Waals surface area contributed by atoms with E-state index in [9.17, 15) is 5.11 Å². The molecule has 3 nitrogen and oxygen atoms in total. The van der Waals surface area contributed by atoms with Gasteiger partial charge in [0.2, 0.25) is 0 Å². The number of hydrogen-bond donors (Lipinski definition) is 2. The van der Waals surface area contributed by atoms with E-state index in [1.54, 1.807) is 0 Å². The van der Waals surface area contributed by atoms with Gasteiger partial charge in [0.05, 0.1) is 0 Å². The first-order valence-corrected chi connectivity index (χ1v) is 6.98. The number of aliphatic hydroxyl groups is 1. The Labute approximate surface area is 116 Å². The van der Waals surface area contributed by atoms with Crippen LogP contribution in [-0.2, 0) is 6.42 Å². The highest BCUT2D eigenvalue weighted by Gasteiger charge is 2.04. The average molecular weight is 263 g/mol. The Morgan fingerprint density at radius 3 is 2.68 bits per heavy atom. The van der Waals surface area contributed by atoms with Gasteiger partial charge in [0.15, 0.2) is 0 Å². The molecule has 1 aromatic rings. The summed E-state index contributed by atoms with van der Waals surface area (Å²) in [5.74, 6) is 0.810. The van der Waals surface area contributed by atoms with Crippen LogP contribution in [0.4, 0.5) is 0 Å². The van der Waals surface area contributed by atoms with Gasteiger partial charge in [0, 0.05) is 6.54 Å². The number of rotatable bonds is 9. The van der Waals surface area contributed by atoms with Gasteiger partial charge in [0.1, 0.15) is 18.5 Å². The summed E-state index contributed by atoms with van der Waals surface area (Å²) in [5, 5.41) is 13.0. The standard InChI is InChI=1S/C16H25NO2/c1-3-5-6-11-17-12-15(18)13-19-16-9-7-14(4-2)8-10-16/h3,5,7-10,15,17-18H,4,6,11-13H2,1-2H3/b5-3+. The lowest BCUT2D eigenvalue weighted by Crippen LogP contribution is -2.31. The molecule has 0 saturated carbocycles. The van der Waals surface area contributed by atoms with Crippen LogP contribution in [0.3, 0.4) is 0 Å². The molecule has 0 saturated heterocycles. The molecule has 19 heavy (non-hydrogen) atoms. The fourth-order valence-corrected chi connectivity index (χ4v) is 1.69. The minimum Gasteiger partial charge on any atom is -0.491 e. The molecule has 1 aromatic carbocycles. The molecule has 3 heteroatoms. The molecule has 0 aliphatic heterocycles. The largest absolute Gasteiger partial charge is 0.491 e. The number of ether oxygens (including phenoxy) is 1. The zero-order chi connectivity index (χ0) is 13.9. The zero-order valence-electron chi connectivity index (χ0n) is 11.9. The molecule has 0 amide bonds. The van der Waals surface area contributed by atoms with E-state index in [1.165, 1.54) is 5.56 Å². The van der Waals surface area contributed by atoms with Crippen molar-refractivity contribution in [2.24, 2.45) is 0 Å². The van der Waals surface area contributed by atoms with Crippen LogP contribution in [0, 0.1) is 0 Å². The molecule has 0 spiro atoms. The predicted molar refractivity (Wildman–Crippen MR) is 79.6 cm³/mol. The molecule has 0 bridgehead atoms. The molecule has 106 valence electrons. The topological polar surface area (TPSA) is 41.5 Å². The summed E-state index contributed by atoms with van der Waals surface area (Å²) in [7, 11) is 0. The Balaban J connectivity index is 2.16. The number of aryl methyl sites for hydroxylation is 1. The second kappa shape index (κ2) is 9.59. The van der Waals surface area contributed by atoms with E-state index in [0.717, 1.165) is 25.1 Å². The molecular formula is C16H25NO2. The summed E-state index contributed by atoms with van der Waals surface area (Å²) in [6.07, 6.45) is 5.67. The van der Waals surface area contributed by atoms with Gasteiger partial charge in [-0.05, 0) is 44.0 Å². The third-order valence-corrected chi connectivity index (χ3v) is 2.88. The van der Waals surface area contributed by atoms with Crippen LogP contribution in [0.15, 0.2) is 36.4 Å². The first-order chi connectivity index (χ1) is 9.26. The molecule has 0 heterocycles. The maximum atomic E-state index is 9.76. The van der Waals surface area contributed by atoms with Gasteiger partial charge in [-0.2, -0.15) is 0 Å². The molecule has 1 unspecified atom stereocenters. The number of nitrogens with one attached hydrogen (secondary N) is 1. The second-order valence-corrected chi connectivity index (χ2v) is 4.52. The SMILES string of the molecule is C/C=C/CCNCC(O)COc1ccc(CC)cc1. The van der Waals surface area contributed by atoms with E-state index >= 15 is 0 Å². The maximum Gasteiger partial charge on any atom is 0.119 e. The van der Waals surface area contributed by atoms with Gasteiger partial charge in [-0.1, -0.05) is 31.2 Å². The van der Waals surface area contributed by atoms with Crippen molar-refractivity contribution in [1.82, 2.24) is 5.32 Å². The smallest absolute Gasteiger partial charge is 0.119 e. The number of hydrogen-bond acceptors (Lipinski definition) is 3. The maximum absolute atomic E-state index is 9.76. The molecule has 0 fully saturated rings. The monoisotopic (exact) mass is 263 g/mol. The molecule has 0 aliphatic rings. The van der Waals surface area contributed by atoms with Crippen LogP contribution >= 0.6 is 0 Å². The Bertz CT molecular complexity index is 360. The highest BCUT2D eigenvalue weighted by molar-refractivity contribution is 5.27. The Hall–Kier alpha value is -1.32. The molecule has 1 rings (SSSR count). The first-order valence-electron chi connectivity index (χ1n) is 6.98. The summed E-state index contributed by atoms with van der Waals surface area (Å²) in [4.78, 5) is 0. The lowest BCUT2D eigenvalue weighted by atomic mass is 10.2. The highest BCUT2D eigenvalue weighted by Crippen LogP contribution is 2.12. The summed E-state index contributed by atoms with van der Waals surface area (Å²) in [5.41, 5.74) is 1.29. The van der Waals surface area contributed by atoms with Crippen molar-refractivity contribution in [1.29, 1.82) is 0 Å². The van der Waals surface area contributed by atoms with Gasteiger partial charge < -0.3 is 15.2 Å². The van der Waals surface area contributed by atoms with E-state index < -0.39 is 6.10 Å². The average Bonchev–Trinajstić information content (AvgIpc) is 2.45. The fourth-order valence-electron chi connectivity index (χ4n) is 1.69. The van der Waals surface area contributed by atoms with Gasteiger partial charge >= 0.3 is 0 Å². The van der Waals surface area contributed by atoms with Crippen molar-refractivity contribution < 1.29 is 9.84 Å². The van der Waals surface area contributed by atoms with Gasteiger partial charge in [0.25, 0.3) is 0 Å². The fraction of sp³-hybridized carbons (Fsp3) is 0.500. The van der Waals surface area contributed by atoms with Crippen LogP contribution in [-0.4, -0.2) is 30.9 Å². The van der Waals surface area contributed by atoms with Gasteiger partial charge in [-0.15, -0.1) is 0 Å². The molecule has 1 atom stereocenters. The normalized spacial score (nSPS) is 12.8. The van der Waals surface area contributed by atoms with Crippen molar-refractivity contribution in [2.75, 3.05) is 19.7 Å². The van der Waals surface area contributed by atoms with Crippen LogP contribution in [0.5, 0.6) is 5.75 Å². The Morgan fingerprint density at radius 2 is 2.05 bits per heavy atom. The first kappa shape index (κ1) is 15.7. The van der Waals surface area contributed by atoms with Crippen LogP contribution in [0.1, 0.15) is 25.8 Å². The number of aliphatic hydroxyl groups excluding tert-OH is 1. The lowest BCUT2D eigenvalue weighted by molar-refractivity contribution is 0.106. The molecule has 0 aromatic heterocycles. The third-order valence-electron chi connectivity index (χ3n) is 2.88. The summed E-state index contributed by atoms with van der Waals surface area (Å²) >= 11 is 0. The van der Waals surface area contributed by atoms with Crippen molar-refractivity contribution in [3.8, 4) is 5.75 Å². The van der Waals surface area contributed by atoms with Crippen molar-refractivity contribution in [3.05, 3.63) is 42.0 Å². The zero-order valence-corrected chi connectivity index (χ0v) is 11.9. The van der Waals surface area contributed by atoms with Crippen LogP contribution in [0.25, 0.3) is 0 Å². The minimum absolute atomic E-state index is 0.322. The van der Waals surface area contributed by atoms with Gasteiger partial charge in [-0.3, -0.25) is 0 Å². The number of benzene rings is 1. The van der Waals surface area contributed by atoms with Crippen molar-refractivity contribution >= 4 is 0 Å². The minimum atomic E-state index is -0.476. The lowest BCUT2D eigenvalue weighted by Gasteiger charge is -2.13. The van der Waals surface area contributed by atoms with E-state index in [-0.39, 0.29) is 0 Å². The van der Waals surface area contributed by atoms with E-state index in [4.69, 9.17) is 4.74 Å². The Morgan fingerprint density at radius 1 is 1.32 bits per heavy atom. The summed E-state index contributed by atoms with van der Waals surface area (Å²) < 4.78 is 5.54.